The number of furan rings is 1. The summed E-state index contributed by atoms with van der Waals surface area (Å²) >= 11 is 1.35. The molecule has 3 heterocycles. The lowest BCUT2D eigenvalue weighted by Crippen LogP contribution is -2.43. The van der Waals surface area contributed by atoms with E-state index in [9.17, 15) is 9.59 Å². The minimum Gasteiger partial charge on any atom is -0.467 e. The number of carbonyl (C=O) groups excluding carboxylic acids is 2. The fourth-order valence-electron chi connectivity index (χ4n) is 2.52. The van der Waals surface area contributed by atoms with Crippen molar-refractivity contribution >= 4 is 53.1 Å². The van der Waals surface area contributed by atoms with Crippen molar-refractivity contribution in [1.82, 2.24) is 9.88 Å². The topological polar surface area (TPSA) is 101 Å². The third-order valence-electron chi connectivity index (χ3n) is 3.58. The van der Waals surface area contributed by atoms with Crippen LogP contribution >= 0.6 is 36.2 Å². The Kier molecular flexibility index (Phi) is 7.68. The van der Waals surface area contributed by atoms with E-state index in [1.807, 2.05) is 0 Å². The summed E-state index contributed by atoms with van der Waals surface area (Å²) in [5.74, 6) is 0.134. The number of anilines is 1. The molecule has 0 bridgehead atoms. The summed E-state index contributed by atoms with van der Waals surface area (Å²) in [6.07, 6.45) is 4.45. The summed E-state index contributed by atoms with van der Waals surface area (Å²) in [7, 11) is 0. The first-order chi connectivity index (χ1) is 10.7. The number of thiazole rings is 1. The van der Waals surface area contributed by atoms with Gasteiger partial charge in [-0.25, -0.2) is 4.98 Å². The molecule has 0 aliphatic carbocycles. The Morgan fingerprint density at radius 2 is 2.25 bits per heavy atom. The van der Waals surface area contributed by atoms with Gasteiger partial charge in [0.25, 0.3) is 5.91 Å². The maximum absolute atomic E-state index is 12.5. The molecule has 1 atom stereocenters. The van der Waals surface area contributed by atoms with Gasteiger partial charge in [0.1, 0.15) is 18.1 Å². The number of likely N-dealkylation sites (tertiary alicyclic amines) is 1. The van der Waals surface area contributed by atoms with Gasteiger partial charge < -0.3 is 20.4 Å². The van der Waals surface area contributed by atoms with Crippen molar-refractivity contribution in [2.24, 2.45) is 5.73 Å². The van der Waals surface area contributed by atoms with Crippen molar-refractivity contribution in [1.29, 1.82) is 0 Å². The van der Waals surface area contributed by atoms with E-state index in [1.165, 1.54) is 17.6 Å². The van der Waals surface area contributed by atoms with E-state index in [-0.39, 0.29) is 43.2 Å². The lowest BCUT2D eigenvalue weighted by molar-refractivity contribution is -0.119. The lowest BCUT2D eigenvalue weighted by atomic mass is 10.2. The van der Waals surface area contributed by atoms with E-state index in [2.05, 4.69) is 10.3 Å². The van der Waals surface area contributed by atoms with Crippen LogP contribution in [-0.2, 0) is 11.3 Å². The van der Waals surface area contributed by atoms with Gasteiger partial charge in [-0.05, 0) is 18.9 Å². The molecule has 3 rings (SSSR count). The van der Waals surface area contributed by atoms with Crippen LogP contribution in [0.3, 0.4) is 0 Å². The van der Waals surface area contributed by atoms with Crippen molar-refractivity contribution in [2.45, 2.75) is 25.4 Å². The Morgan fingerprint density at radius 3 is 2.88 bits per heavy atom. The zero-order valence-corrected chi connectivity index (χ0v) is 15.1. The van der Waals surface area contributed by atoms with Crippen LogP contribution in [0.5, 0.6) is 0 Å². The van der Waals surface area contributed by atoms with Crippen molar-refractivity contribution in [3.63, 3.8) is 0 Å². The molecule has 24 heavy (non-hydrogen) atoms. The summed E-state index contributed by atoms with van der Waals surface area (Å²) in [4.78, 5) is 30.5. The number of amides is 2. The number of nitrogens with two attached hydrogens (primary N) is 1. The summed E-state index contributed by atoms with van der Waals surface area (Å²) in [5, 5.41) is 5.07. The largest absolute Gasteiger partial charge is 0.467 e. The molecule has 7 nitrogen and oxygen atoms in total. The molecule has 2 aromatic heterocycles. The minimum atomic E-state index is -0.479. The van der Waals surface area contributed by atoms with E-state index in [0.29, 0.717) is 29.4 Å². The van der Waals surface area contributed by atoms with Gasteiger partial charge in [-0.1, -0.05) is 0 Å². The van der Waals surface area contributed by atoms with Crippen molar-refractivity contribution in [3.05, 3.63) is 35.2 Å². The Hall–Kier alpha value is -1.61. The van der Waals surface area contributed by atoms with Gasteiger partial charge in [-0.2, -0.15) is 0 Å². The van der Waals surface area contributed by atoms with Crippen LogP contribution in [0.2, 0.25) is 0 Å². The Bertz CT molecular complexity index is 677. The third kappa shape index (κ3) is 4.27. The first-order valence-corrected chi connectivity index (χ1v) is 7.86. The predicted octanol–water partition coefficient (Wildman–Crippen LogP) is 2.28. The molecule has 0 spiro atoms. The Balaban J connectivity index is 0.00000144. The second kappa shape index (κ2) is 9.03. The predicted molar refractivity (Wildman–Crippen MR) is 95.9 cm³/mol. The van der Waals surface area contributed by atoms with Gasteiger partial charge in [0.2, 0.25) is 5.91 Å². The highest BCUT2D eigenvalue weighted by Gasteiger charge is 2.35. The van der Waals surface area contributed by atoms with Crippen LogP contribution in [0, 0.1) is 0 Å². The summed E-state index contributed by atoms with van der Waals surface area (Å²) < 4.78 is 5.19. The third-order valence-corrected chi connectivity index (χ3v) is 4.27. The first-order valence-electron chi connectivity index (χ1n) is 6.98. The van der Waals surface area contributed by atoms with E-state index in [1.54, 1.807) is 22.5 Å². The maximum Gasteiger partial charge on any atom is 0.257 e. The van der Waals surface area contributed by atoms with E-state index < -0.39 is 6.04 Å². The number of hydrogen-bond acceptors (Lipinski definition) is 6. The first kappa shape index (κ1) is 20.4. The molecule has 0 aromatic carbocycles. The van der Waals surface area contributed by atoms with E-state index in [4.69, 9.17) is 10.2 Å². The number of nitrogens with one attached hydrogen (secondary N) is 1. The van der Waals surface area contributed by atoms with Crippen molar-refractivity contribution in [3.8, 4) is 0 Å². The smallest absolute Gasteiger partial charge is 0.257 e. The zero-order valence-electron chi connectivity index (χ0n) is 12.6. The van der Waals surface area contributed by atoms with Gasteiger partial charge >= 0.3 is 0 Å². The van der Waals surface area contributed by atoms with Gasteiger partial charge in [0.05, 0.1) is 12.1 Å². The molecule has 1 fully saturated rings. The molecule has 1 unspecified atom stereocenters. The van der Waals surface area contributed by atoms with Crippen molar-refractivity contribution in [2.75, 3.05) is 11.9 Å². The second-order valence-corrected chi connectivity index (χ2v) is 5.88. The summed E-state index contributed by atoms with van der Waals surface area (Å²) in [6.45, 7) is 0.791. The van der Waals surface area contributed by atoms with Gasteiger partial charge in [-0.3, -0.25) is 9.59 Å². The van der Waals surface area contributed by atoms with E-state index >= 15 is 0 Å². The van der Waals surface area contributed by atoms with Gasteiger partial charge in [0.15, 0.2) is 5.13 Å². The molecule has 3 N–H and O–H groups in total. The van der Waals surface area contributed by atoms with Crippen LogP contribution in [0.4, 0.5) is 5.13 Å². The van der Waals surface area contributed by atoms with Crippen LogP contribution in [0.25, 0.3) is 0 Å². The Labute approximate surface area is 155 Å². The fraction of sp³-hybridized carbons (Fsp3) is 0.357. The molecular weight excluding hydrogens is 375 g/mol. The summed E-state index contributed by atoms with van der Waals surface area (Å²) in [6, 6.07) is 1.14. The van der Waals surface area contributed by atoms with Crippen LogP contribution in [0.1, 0.15) is 29.0 Å². The molecule has 1 saturated heterocycles. The highest BCUT2D eigenvalue weighted by molar-refractivity contribution is 7.13. The zero-order chi connectivity index (χ0) is 15.5. The number of carbonyl (C=O) groups is 2. The van der Waals surface area contributed by atoms with Gasteiger partial charge in [0, 0.05) is 18.1 Å². The standard InChI is InChI=1S/C14H16N4O3S.2ClH/c15-7-10-6-9(8-21-10)13(20)18-4-1-2-11(18)12(19)17-14-16-3-5-22-14;;/h3,5-6,8,11H,1-2,4,7,15H2,(H,16,17,19);2*1H. The molecule has 0 radical (unpaired) electrons. The average Bonchev–Trinajstić information content (AvgIpc) is 3.26. The number of nitrogens with zero attached hydrogens (tertiary/aromatic N) is 2. The Morgan fingerprint density at radius 1 is 1.46 bits per heavy atom. The van der Waals surface area contributed by atoms with E-state index in [0.717, 1.165) is 6.42 Å². The molecule has 1 aliphatic rings. The van der Waals surface area contributed by atoms with Crippen LogP contribution in [-0.4, -0.2) is 34.3 Å². The molecule has 132 valence electrons. The fourth-order valence-corrected chi connectivity index (χ4v) is 3.05. The highest BCUT2D eigenvalue weighted by atomic mass is 35.5. The molecular formula is C14H18Cl2N4O3S. The molecule has 0 saturated carbocycles. The monoisotopic (exact) mass is 392 g/mol. The molecule has 2 aromatic rings. The highest BCUT2D eigenvalue weighted by Crippen LogP contribution is 2.23. The maximum atomic E-state index is 12.5. The molecule has 10 heteroatoms. The van der Waals surface area contributed by atoms with Crippen LogP contribution in [0.15, 0.2) is 28.3 Å². The minimum absolute atomic E-state index is 0. The number of aromatic nitrogens is 1. The molecule has 1 aliphatic heterocycles. The van der Waals surface area contributed by atoms with Crippen molar-refractivity contribution < 1.29 is 14.0 Å². The molecule has 2 amide bonds. The number of rotatable bonds is 4. The van der Waals surface area contributed by atoms with Gasteiger partial charge in [-0.15, -0.1) is 36.2 Å². The second-order valence-electron chi connectivity index (χ2n) is 4.99. The number of hydrogen-bond donors (Lipinski definition) is 2. The van der Waals surface area contributed by atoms with Crippen LogP contribution < -0.4 is 11.1 Å². The quantitative estimate of drug-likeness (QED) is 0.830. The normalized spacial score (nSPS) is 16.2. The summed E-state index contributed by atoms with van der Waals surface area (Å²) in [5.41, 5.74) is 5.90. The lowest BCUT2D eigenvalue weighted by Gasteiger charge is -2.22. The SMILES string of the molecule is Cl.Cl.NCc1cc(C(=O)N2CCCC2C(=O)Nc2nccs2)co1. The number of halogens is 2. The average molecular weight is 393 g/mol.